The second-order valence-electron chi connectivity index (χ2n) is 17.5. The lowest BCUT2D eigenvalue weighted by molar-refractivity contribution is -0.138. The molecule has 2 amide bonds. The number of amides is 2. The molecule has 0 saturated carbocycles. The van der Waals surface area contributed by atoms with Crippen molar-refractivity contribution in [3.8, 4) is 16.9 Å². The number of carbonyl (C=O) groups is 2. The van der Waals surface area contributed by atoms with Crippen molar-refractivity contribution >= 4 is 45.3 Å². The van der Waals surface area contributed by atoms with Crippen molar-refractivity contribution in [2.24, 2.45) is 39.6 Å². The molecule has 0 N–H and O–H groups in total. The summed E-state index contributed by atoms with van der Waals surface area (Å²) >= 11 is 0. The molecule has 8 nitrogen and oxygen atoms in total. The van der Waals surface area contributed by atoms with Gasteiger partial charge in [-0.25, -0.2) is 0 Å². The van der Waals surface area contributed by atoms with Crippen molar-refractivity contribution in [1.29, 1.82) is 0 Å². The molecule has 290 valence electrons. The zero-order valence-electron chi connectivity index (χ0n) is 34.0. The molecule has 8 heteroatoms. The van der Waals surface area contributed by atoms with Crippen molar-refractivity contribution in [2.45, 2.75) is 112 Å². The summed E-state index contributed by atoms with van der Waals surface area (Å²) in [6.07, 6.45) is 7.38. The summed E-state index contributed by atoms with van der Waals surface area (Å²) in [6.45, 7) is 16.8. The van der Waals surface area contributed by atoms with E-state index in [2.05, 4.69) is 101 Å². The highest BCUT2D eigenvalue weighted by molar-refractivity contribution is 6.07. The lowest BCUT2D eigenvalue weighted by atomic mass is 9.89. The molecule has 0 aromatic heterocycles. The quantitative estimate of drug-likeness (QED) is 0.207. The molecule has 5 heterocycles. The van der Waals surface area contributed by atoms with Gasteiger partial charge in [-0.15, -0.1) is 0 Å². The van der Waals surface area contributed by atoms with E-state index in [0.29, 0.717) is 31.0 Å². The van der Waals surface area contributed by atoms with Gasteiger partial charge in [-0.2, -0.15) is 0 Å². The van der Waals surface area contributed by atoms with Gasteiger partial charge in [-0.3, -0.25) is 19.6 Å². The number of ether oxygens (including phenoxy) is 2. The fourth-order valence-corrected chi connectivity index (χ4v) is 9.65. The van der Waals surface area contributed by atoms with Crippen LogP contribution in [0.4, 0.5) is 5.69 Å². The SMILES string of the molecule is CC[C@H](C)[C@H](C)C(=O)N1C[C@@H](COC)C[C@H]1C1=Nc2ccc3cc4c(cc3c2C1)OCc1cc(C2=CN=C([C@@H]3CC[C@H](C)N3C(=O)C(C)C(C)C)C2)ccc1-4. The average molecular weight is 743 g/mol. The number of benzene rings is 3. The van der Waals surface area contributed by atoms with Gasteiger partial charge >= 0.3 is 0 Å². The van der Waals surface area contributed by atoms with Gasteiger partial charge in [0.2, 0.25) is 11.8 Å². The van der Waals surface area contributed by atoms with Crippen molar-refractivity contribution in [3.63, 3.8) is 0 Å². The van der Waals surface area contributed by atoms with E-state index in [1.54, 1.807) is 7.11 Å². The number of hydrogen-bond acceptors (Lipinski definition) is 6. The molecule has 0 spiro atoms. The lowest BCUT2D eigenvalue weighted by Gasteiger charge is -2.32. The van der Waals surface area contributed by atoms with Crippen molar-refractivity contribution < 1.29 is 19.1 Å². The molecule has 2 fully saturated rings. The van der Waals surface area contributed by atoms with E-state index < -0.39 is 0 Å². The molecule has 3 aromatic carbocycles. The Hall–Kier alpha value is -4.30. The van der Waals surface area contributed by atoms with Crippen molar-refractivity contribution in [1.82, 2.24) is 9.80 Å². The molecule has 8 rings (SSSR count). The van der Waals surface area contributed by atoms with Crippen molar-refractivity contribution in [3.05, 3.63) is 65.4 Å². The van der Waals surface area contributed by atoms with E-state index in [9.17, 15) is 9.59 Å². The topological polar surface area (TPSA) is 83.8 Å². The highest BCUT2D eigenvalue weighted by Gasteiger charge is 2.42. The Morgan fingerprint density at radius 3 is 2.51 bits per heavy atom. The van der Waals surface area contributed by atoms with Crippen LogP contribution in [0, 0.1) is 29.6 Å². The Labute approximate surface area is 327 Å². The Kier molecular flexibility index (Phi) is 10.2. The Morgan fingerprint density at radius 2 is 1.75 bits per heavy atom. The standard InChI is InChI=1S/C47H58N4O4/c1-9-27(4)30(7)46(52)50-23-31(24-54-8)16-44(50)42-20-38-37-21-45-39(18-33(37)12-14-40(38)49-42)36-13-11-32(17-35(36)25-55-45)34-19-41(48-22-34)43-15-10-28(5)51(43)47(53)29(6)26(2)3/h11-14,17-18,21-22,26-31,43-44H,9-10,15-16,19-20,23-25H2,1-8H3/t27-,28-,29?,30-,31-,43-,44-/m0/s1. The van der Waals surface area contributed by atoms with Crippen LogP contribution in [0.5, 0.6) is 5.75 Å². The van der Waals surface area contributed by atoms with Crippen molar-refractivity contribution in [2.75, 3.05) is 20.3 Å². The van der Waals surface area contributed by atoms with Crippen LogP contribution >= 0.6 is 0 Å². The number of aliphatic imine (C=N–C) groups is 2. The number of rotatable bonds is 10. The molecule has 0 radical (unpaired) electrons. The smallest absolute Gasteiger partial charge is 0.226 e. The third-order valence-electron chi connectivity index (χ3n) is 13.8. The first kappa shape index (κ1) is 37.6. The van der Waals surface area contributed by atoms with Gasteiger partial charge in [0.25, 0.3) is 0 Å². The number of carbonyl (C=O) groups excluding carboxylic acids is 2. The number of nitrogens with zero attached hydrogens (tertiary/aromatic N) is 4. The van der Waals surface area contributed by atoms with E-state index in [0.717, 1.165) is 79.1 Å². The number of allylic oxidation sites excluding steroid dienone is 1. The van der Waals surface area contributed by atoms with Crippen LogP contribution in [0.2, 0.25) is 0 Å². The highest BCUT2D eigenvalue weighted by Crippen LogP contribution is 2.45. The zero-order valence-corrected chi connectivity index (χ0v) is 34.0. The predicted molar refractivity (Wildman–Crippen MR) is 222 cm³/mol. The zero-order chi connectivity index (χ0) is 38.7. The van der Waals surface area contributed by atoms with Crippen LogP contribution in [0.15, 0.2) is 58.6 Å². The molecule has 0 aliphatic carbocycles. The van der Waals surface area contributed by atoms with E-state index in [1.807, 2.05) is 6.20 Å². The van der Waals surface area contributed by atoms with Gasteiger partial charge in [0.1, 0.15) is 12.4 Å². The number of fused-ring (bicyclic) bond motifs is 6. The first-order valence-electron chi connectivity index (χ1n) is 20.8. The summed E-state index contributed by atoms with van der Waals surface area (Å²) in [5, 5.41) is 2.34. The normalized spacial score (nSPS) is 24.6. The molecule has 7 atom stereocenters. The minimum absolute atomic E-state index is 0.00208. The molecule has 3 aromatic rings. The number of methoxy groups -OCH3 is 1. The molecule has 5 aliphatic rings. The average Bonchev–Trinajstić information content (AvgIpc) is 4.01. The fourth-order valence-electron chi connectivity index (χ4n) is 9.65. The Morgan fingerprint density at radius 1 is 0.927 bits per heavy atom. The first-order chi connectivity index (χ1) is 26.5. The largest absolute Gasteiger partial charge is 0.488 e. The summed E-state index contributed by atoms with van der Waals surface area (Å²) in [5.41, 5.74) is 10.3. The Balaban J connectivity index is 1.00. The van der Waals surface area contributed by atoms with Gasteiger partial charge in [0, 0.05) is 73.5 Å². The van der Waals surface area contributed by atoms with Crippen LogP contribution in [0.1, 0.15) is 97.3 Å². The minimum Gasteiger partial charge on any atom is -0.488 e. The maximum atomic E-state index is 13.8. The lowest BCUT2D eigenvalue weighted by Crippen LogP contribution is -2.46. The summed E-state index contributed by atoms with van der Waals surface area (Å²) in [6, 6.07) is 15.9. The Bertz CT molecular complexity index is 2110. The molecule has 2 saturated heterocycles. The van der Waals surface area contributed by atoms with Crippen LogP contribution in [0.3, 0.4) is 0 Å². The monoisotopic (exact) mass is 742 g/mol. The van der Waals surface area contributed by atoms with E-state index in [1.165, 1.54) is 33.0 Å². The van der Waals surface area contributed by atoms with Crippen LogP contribution in [-0.4, -0.2) is 71.4 Å². The minimum atomic E-state index is -0.0236. The summed E-state index contributed by atoms with van der Waals surface area (Å²) in [5.74, 6) is 2.32. The predicted octanol–water partition coefficient (Wildman–Crippen LogP) is 9.43. The molecule has 1 unspecified atom stereocenters. The van der Waals surface area contributed by atoms with E-state index in [-0.39, 0.29) is 41.8 Å². The van der Waals surface area contributed by atoms with Crippen LogP contribution < -0.4 is 4.74 Å². The second-order valence-corrected chi connectivity index (χ2v) is 17.5. The number of hydrogen-bond donors (Lipinski definition) is 0. The summed E-state index contributed by atoms with van der Waals surface area (Å²) in [7, 11) is 1.75. The summed E-state index contributed by atoms with van der Waals surface area (Å²) in [4.78, 5) is 41.7. The van der Waals surface area contributed by atoms with E-state index in [4.69, 9.17) is 19.5 Å². The number of likely N-dealkylation sites (tertiary alicyclic amines) is 2. The van der Waals surface area contributed by atoms with Crippen LogP contribution in [-0.2, 0) is 27.4 Å². The highest BCUT2D eigenvalue weighted by atomic mass is 16.5. The molecule has 5 aliphatic heterocycles. The molecule has 55 heavy (non-hydrogen) atoms. The van der Waals surface area contributed by atoms with E-state index >= 15 is 0 Å². The first-order valence-corrected chi connectivity index (χ1v) is 20.8. The van der Waals surface area contributed by atoms with Gasteiger partial charge < -0.3 is 19.3 Å². The third-order valence-corrected chi connectivity index (χ3v) is 13.8. The van der Waals surface area contributed by atoms with Gasteiger partial charge in [0.15, 0.2) is 0 Å². The van der Waals surface area contributed by atoms with Gasteiger partial charge in [-0.05, 0) is 101 Å². The second kappa shape index (κ2) is 15.0. The van der Waals surface area contributed by atoms with Crippen LogP contribution in [0.25, 0.3) is 27.5 Å². The summed E-state index contributed by atoms with van der Waals surface area (Å²) < 4.78 is 12.1. The molecule has 0 bridgehead atoms. The third kappa shape index (κ3) is 6.72. The maximum Gasteiger partial charge on any atom is 0.226 e. The fraction of sp³-hybridized carbons (Fsp3) is 0.532. The maximum absolute atomic E-state index is 13.8. The van der Waals surface area contributed by atoms with Gasteiger partial charge in [0.05, 0.1) is 24.4 Å². The molecular formula is C47H58N4O4. The molecular weight excluding hydrogens is 685 g/mol. The van der Waals surface area contributed by atoms with Gasteiger partial charge in [-0.1, -0.05) is 66.2 Å².